The number of hydrogen-bond acceptors (Lipinski definition) is 7. The van der Waals surface area contributed by atoms with Gasteiger partial charge >= 0.3 is 5.97 Å². The molecule has 10 heteroatoms. The number of carbonyl (C=O) groups is 4. The Hall–Kier alpha value is -3.01. The van der Waals surface area contributed by atoms with Crippen LogP contribution in [0.2, 0.25) is 0 Å². The average Bonchev–Trinajstić information content (AvgIpc) is 3.20. The third-order valence-corrected chi connectivity index (χ3v) is 8.02. The average molecular weight is 487 g/mol. The number of fused-ring (bicyclic) bond motifs is 1. The molecule has 1 saturated carbocycles. The first kappa shape index (κ1) is 23.7. The lowest BCUT2D eigenvalue weighted by molar-refractivity contribution is -0.190. The van der Waals surface area contributed by atoms with Crippen molar-refractivity contribution in [2.75, 3.05) is 37.6 Å². The summed E-state index contributed by atoms with van der Waals surface area (Å²) >= 11 is 0. The lowest BCUT2D eigenvalue weighted by Crippen LogP contribution is -2.52. The quantitative estimate of drug-likeness (QED) is 0.634. The molecule has 3 fully saturated rings. The van der Waals surface area contributed by atoms with E-state index in [0.717, 1.165) is 56.8 Å². The van der Waals surface area contributed by atoms with Gasteiger partial charge in [-0.15, -0.1) is 0 Å². The molecule has 1 N–H and O–H groups in total. The Morgan fingerprint density at radius 2 is 1.77 bits per heavy atom. The lowest BCUT2D eigenvalue weighted by atomic mass is 9.82. The fourth-order valence-electron chi connectivity index (χ4n) is 5.94. The topological polar surface area (TPSA) is 99.3 Å². The zero-order valence-electron chi connectivity index (χ0n) is 19.7. The summed E-state index contributed by atoms with van der Waals surface area (Å²) in [5, 5.41) is 2.34. The lowest BCUT2D eigenvalue weighted by Gasteiger charge is -2.38. The van der Waals surface area contributed by atoms with Crippen LogP contribution >= 0.6 is 0 Å². The summed E-state index contributed by atoms with van der Waals surface area (Å²) < 4.78 is 12.1. The summed E-state index contributed by atoms with van der Waals surface area (Å²) in [5.41, 5.74) is 2.56. The van der Waals surface area contributed by atoms with E-state index in [0.29, 0.717) is 37.3 Å². The number of hydrogen-bond donors (Lipinski definition) is 1. The molecule has 0 radical (unpaired) electrons. The molecule has 9 nitrogen and oxygen atoms in total. The summed E-state index contributed by atoms with van der Waals surface area (Å²) in [7, 11) is 0. The van der Waals surface area contributed by atoms with E-state index >= 15 is 0 Å². The van der Waals surface area contributed by atoms with Crippen molar-refractivity contribution in [2.45, 2.75) is 51.1 Å². The van der Waals surface area contributed by atoms with Crippen LogP contribution in [0.3, 0.4) is 0 Å². The van der Waals surface area contributed by atoms with Gasteiger partial charge in [-0.2, -0.15) is 0 Å². The Morgan fingerprint density at radius 3 is 2.46 bits per heavy atom. The number of benzene rings is 1. The Bertz CT molecular complexity index is 1020. The molecule has 4 aliphatic rings. The zero-order chi connectivity index (χ0) is 24.5. The SMILES string of the molecule is O=C1CC[C@H](N2Cc3ccc(N4CCN(CC5CCC(C(=O)OF)CC5)CC4)cc3C2=O)C(=O)N1. The molecule has 0 unspecified atom stereocenters. The first-order valence-corrected chi connectivity index (χ1v) is 12.5. The third-order valence-electron chi connectivity index (χ3n) is 8.02. The maximum absolute atomic E-state index is 13.1. The standard InChI is InChI=1S/C25H31FN4O5/c26-35-25(34)17-3-1-16(2-4-17)14-28-9-11-29(12-10-28)19-6-5-18-15-30(24(33)20(18)13-19)21-7-8-22(31)27-23(21)32/h5-6,13,16-17,21H,1-4,7-12,14-15H2,(H,27,31,32)/t16?,17?,21-/m0/s1. The summed E-state index contributed by atoms with van der Waals surface area (Å²) in [6, 6.07) is 5.35. The molecule has 35 heavy (non-hydrogen) atoms. The van der Waals surface area contributed by atoms with Crippen molar-refractivity contribution in [3.8, 4) is 0 Å². The number of halogens is 1. The molecule has 1 aromatic rings. The first-order valence-electron chi connectivity index (χ1n) is 12.5. The van der Waals surface area contributed by atoms with Crippen LogP contribution in [0, 0.1) is 11.8 Å². The Balaban J connectivity index is 1.14. The van der Waals surface area contributed by atoms with E-state index in [-0.39, 0.29) is 24.2 Å². The third kappa shape index (κ3) is 4.89. The van der Waals surface area contributed by atoms with Gasteiger partial charge in [-0.3, -0.25) is 29.5 Å². The number of rotatable bonds is 5. The van der Waals surface area contributed by atoms with E-state index in [9.17, 15) is 23.7 Å². The number of nitrogens with zero attached hydrogens (tertiary/aromatic N) is 3. The minimum atomic E-state index is -0.731. The number of piperazine rings is 1. The largest absolute Gasteiger partial charge is 0.369 e. The van der Waals surface area contributed by atoms with Gasteiger partial charge in [0.05, 0.1) is 5.92 Å². The van der Waals surface area contributed by atoms with Gasteiger partial charge in [-0.25, -0.2) is 4.79 Å². The van der Waals surface area contributed by atoms with Gasteiger partial charge in [-0.1, -0.05) is 6.07 Å². The van der Waals surface area contributed by atoms with Crippen LogP contribution in [-0.2, 0) is 25.9 Å². The maximum Gasteiger partial charge on any atom is 0.351 e. The second-order valence-corrected chi connectivity index (χ2v) is 10.1. The van der Waals surface area contributed by atoms with Crippen molar-refractivity contribution >= 4 is 29.4 Å². The molecule has 188 valence electrons. The van der Waals surface area contributed by atoms with Crippen LogP contribution in [0.25, 0.3) is 0 Å². The smallest absolute Gasteiger partial charge is 0.351 e. The maximum atomic E-state index is 13.1. The van der Waals surface area contributed by atoms with Gasteiger partial charge in [-0.05, 0) is 55.7 Å². The molecule has 3 amide bonds. The highest BCUT2D eigenvalue weighted by molar-refractivity contribution is 6.05. The number of imide groups is 1. The molecule has 1 aromatic carbocycles. The predicted octanol–water partition coefficient (Wildman–Crippen LogP) is 1.80. The minimum Gasteiger partial charge on any atom is -0.369 e. The van der Waals surface area contributed by atoms with Gasteiger partial charge in [0.1, 0.15) is 6.04 Å². The van der Waals surface area contributed by atoms with E-state index in [2.05, 4.69) is 20.1 Å². The minimum absolute atomic E-state index is 0.151. The summed E-state index contributed by atoms with van der Waals surface area (Å²) in [6.45, 7) is 4.91. The van der Waals surface area contributed by atoms with E-state index in [1.165, 1.54) is 0 Å². The Kier molecular flexibility index (Phi) is 6.73. The highest BCUT2D eigenvalue weighted by Crippen LogP contribution is 2.32. The van der Waals surface area contributed by atoms with Crippen LogP contribution < -0.4 is 10.2 Å². The van der Waals surface area contributed by atoms with Crippen molar-refractivity contribution in [3.05, 3.63) is 29.3 Å². The monoisotopic (exact) mass is 486 g/mol. The van der Waals surface area contributed by atoms with Gasteiger partial charge in [0.25, 0.3) is 5.91 Å². The molecule has 0 bridgehead atoms. The second kappa shape index (κ2) is 9.93. The predicted molar refractivity (Wildman–Crippen MR) is 124 cm³/mol. The fraction of sp³-hybridized carbons (Fsp3) is 0.600. The van der Waals surface area contributed by atoms with Crippen molar-refractivity contribution in [1.82, 2.24) is 15.1 Å². The number of anilines is 1. The normalized spacial score (nSPS) is 27.6. The van der Waals surface area contributed by atoms with E-state index < -0.39 is 17.9 Å². The van der Waals surface area contributed by atoms with Crippen molar-refractivity contribution in [3.63, 3.8) is 0 Å². The molecule has 5 rings (SSSR count). The molecule has 2 saturated heterocycles. The van der Waals surface area contributed by atoms with Gasteiger partial charge < -0.3 is 9.80 Å². The van der Waals surface area contributed by atoms with Crippen LogP contribution in [-0.4, -0.2) is 72.3 Å². The Labute approximate surface area is 203 Å². The first-order chi connectivity index (χ1) is 16.9. The molecule has 3 aliphatic heterocycles. The number of amides is 3. The van der Waals surface area contributed by atoms with Crippen molar-refractivity contribution in [1.29, 1.82) is 0 Å². The zero-order valence-corrected chi connectivity index (χ0v) is 19.7. The molecular formula is C25H31FN4O5. The number of carbonyl (C=O) groups excluding carboxylic acids is 4. The number of piperidine rings is 1. The summed E-state index contributed by atoms with van der Waals surface area (Å²) in [5.74, 6) is -1.35. The van der Waals surface area contributed by atoms with E-state index in [4.69, 9.17) is 0 Å². The molecule has 3 heterocycles. The highest BCUT2D eigenvalue weighted by atomic mass is 19.3. The van der Waals surface area contributed by atoms with E-state index in [1.54, 1.807) is 4.90 Å². The Morgan fingerprint density at radius 1 is 1.03 bits per heavy atom. The van der Waals surface area contributed by atoms with Crippen molar-refractivity contribution in [2.24, 2.45) is 11.8 Å². The van der Waals surface area contributed by atoms with Crippen LogP contribution in [0.15, 0.2) is 18.2 Å². The molecular weight excluding hydrogens is 455 g/mol. The second-order valence-electron chi connectivity index (χ2n) is 10.1. The molecule has 1 aliphatic carbocycles. The van der Waals surface area contributed by atoms with Crippen molar-refractivity contribution < 1.29 is 28.6 Å². The van der Waals surface area contributed by atoms with Gasteiger partial charge in [0, 0.05) is 61.5 Å². The summed E-state index contributed by atoms with van der Waals surface area (Å²) in [4.78, 5) is 57.9. The van der Waals surface area contributed by atoms with Crippen LogP contribution in [0.1, 0.15) is 54.4 Å². The molecule has 1 atom stereocenters. The van der Waals surface area contributed by atoms with Gasteiger partial charge in [0.15, 0.2) is 0 Å². The highest BCUT2D eigenvalue weighted by Gasteiger charge is 2.39. The molecule has 0 spiro atoms. The summed E-state index contributed by atoms with van der Waals surface area (Å²) in [6.07, 6.45) is 3.81. The van der Waals surface area contributed by atoms with Crippen LogP contribution in [0.5, 0.6) is 0 Å². The number of nitrogens with one attached hydrogen (secondary N) is 1. The van der Waals surface area contributed by atoms with E-state index in [1.807, 2.05) is 18.2 Å². The fourth-order valence-corrected chi connectivity index (χ4v) is 5.94. The van der Waals surface area contributed by atoms with Crippen LogP contribution in [0.4, 0.5) is 10.2 Å². The van der Waals surface area contributed by atoms with Gasteiger partial charge in [0.2, 0.25) is 11.8 Å². The molecule has 0 aromatic heterocycles.